The third kappa shape index (κ3) is 3.54. The van der Waals surface area contributed by atoms with Crippen molar-refractivity contribution >= 4 is 12.1 Å². The topological polar surface area (TPSA) is 41.5 Å². The zero-order chi connectivity index (χ0) is 14.5. The molecule has 0 heterocycles. The molecular formula is C17H18N2O. The van der Waals surface area contributed by atoms with Gasteiger partial charge in [0.05, 0.1) is 6.21 Å². The molecule has 0 spiro atoms. The van der Waals surface area contributed by atoms with Crippen molar-refractivity contribution in [2.75, 3.05) is 0 Å². The van der Waals surface area contributed by atoms with E-state index < -0.39 is 0 Å². The molecule has 0 aliphatic heterocycles. The van der Waals surface area contributed by atoms with Crippen molar-refractivity contribution in [2.45, 2.75) is 20.8 Å². The van der Waals surface area contributed by atoms with Gasteiger partial charge in [0.15, 0.2) is 0 Å². The predicted octanol–water partition coefficient (Wildman–Crippen LogP) is 3.38. The van der Waals surface area contributed by atoms with Crippen molar-refractivity contribution in [3.8, 4) is 0 Å². The summed E-state index contributed by atoms with van der Waals surface area (Å²) in [6, 6.07) is 13.5. The van der Waals surface area contributed by atoms with Gasteiger partial charge in [-0.2, -0.15) is 5.10 Å². The number of aryl methyl sites for hydroxylation is 3. The third-order valence-corrected chi connectivity index (χ3v) is 3.11. The van der Waals surface area contributed by atoms with Gasteiger partial charge >= 0.3 is 0 Å². The van der Waals surface area contributed by atoms with Crippen LogP contribution in [0.1, 0.15) is 32.6 Å². The summed E-state index contributed by atoms with van der Waals surface area (Å²) in [5.74, 6) is -0.203. The largest absolute Gasteiger partial charge is 0.271 e. The van der Waals surface area contributed by atoms with Gasteiger partial charge in [0.25, 0.3) is 5.91 Å². The summed E-state index contributed by atoms with van der Waals surface area (Å²) in [6.07, 6.45) is 1.67. The Morgan fingerprint density at radius 3 is 2.30 bits per heavy atom. The minimum Gasteiger partial charge on any atom is -0.267 e. The van der Waals surface area contributed by atoms with Gasteiger partial charge < -0.3 is 0 Å². The number of hydrogen-bond donors (Lipinski definition) is 1. The molecule has 0 bridgehead atoms. The molecule has 3 nitrogen and oxygen atoms in total. The minimum absolute atomic E-state index is 0.203. The van der Waals surface area contributed by atoms with Crippen molar-refractivity contribution in [3.63, 3.8) is 0 Å². The van der Waals surface area contributed by atoms with Crippen molar-refractivity contribution in [2.24, 2.45) is 5.10 Å². The van der Waals surface area contributed by atoms with Crippen molar-refractivity contribution < 1.29 is 4.79 Å². The van der Waals surface area contributed by atoms with E-state index in [4.69, 9.17) is 0 Å². The van der Waals surface area contributed by atoms with Gasteiger partial charge in [0, 0.05) is 5.56 Å². The Labute approximate surface area is 119 Å². The smallest absolute Gasteiger partial charge is 0.267 e. The van der Waals surface area contributed by atoms with E-state index in [-0.39, 0.29) is 5.91 Å². The quantitative estimate of drug-likeness (QED) is 0.671. The summed E-state index contributed by atoms with van der Waals surface area (Å²) < 4.78 is 0. The Morgan fingerprint density at radius 2 is 1.65 bits per heavy atom. The first-order valence-electron chi connectivity index (χ1n) is 6.53. The lowest BCUT2D eigenvalue weighted by Gasteiger charge is -2.02. The van der Waals surface area contributed by atoms with Gasteiger partial charge in [0.1, 0.15) is 0 Å². The van der Waals surface area contributed by atoms with E-state index in [0.717, 1.165) is 16.7 Å². The molecule has 0 unspecified atom stereocenters. The van der Waals surface area contributed by atoms with Crippen LogP contribution in [0.4, 0.5) is 0 Å². The zero-order valence-corrected chi connectivity index (χ0v) is 12.0. The predicted molar refractivity (Wildman–Crippen MR) is 82.2 cm³/mol. The van der Waals surface area contributed by atoms with Gasteiger partial charge in [0.2, 0.25) is 0 Å². The molecule has 0 atom stereocenters. The number of carbonyl (C=O) groups excluding carboxylic acids is 1. The monoisotopic (exact) mass is 266 g/mol. The van der Waals surface area contributed by atoms with Crippen LogP contribution in [0.2, 0.25) is 0 Å². The molecule has 0 aliphatic rings. The molecule has 0 fully saturated rings. The molecule has 0 radical (unpaired) electrons. The van der Waals surface area contributed by atoms with Gasteiger partial charge in [-0.15, -0.1) is 0 Å². The fraction of sp³-hybridized carbons (Fsp3) is 0.176. The maximum atomic E-state index is 11.9. The Kier molecular flexibility index (Phi) is 4.31. The zero-order valence-electron chi connectivity index (χ0n) is 12.0. The highest BCUT2D eigenvalue weighted by atomic mass is 16.2. The van der Waals surface area contributed by atoms with E-state index in [9.17, 15) is 4.79 Å². The first kappa shape index (κ1) is 14.0. The van der Waals surface area contributed by atoms with Gasteiger partial charge in [-0.3, -0.25) is 4.79 Å². The Balaban J connectivity index is 2.02. The number of nitrogens with zero attached hydrogens (tertiary/aromatic N) is 1. The fourth-order valence-corrected chi connectivity index (χ4v) is 1.90. The van der Waals surface area contributed by atoms with Gasteiger partial charge in [-0.1, -0.05) is 41.5 Å². The first-order valence-corrected chi connectivity index (χ1v) is 6.53. The van der Waals surface area contributed by atoms with Crippen LogP contribution in [0.15, 0.2) is 47.6 Å². The first-order chi connectivity index (χ1) is 9.56. The van der Waals surface area contributed by atoms with Crippen LogP contribution in [0.3, 0.4) is 0 Å². The van der Waals surface area contributed by atoms with E-state index in [0.29, 0.717) is 5.56 Å². The van der Waals surface area contributed by atoms with Crippen molar-refractivity contribution in [3.05, 3.63) is 70.3 Å². The van der Waals surface area contributed by atoms with Crippen LogP contribution in [-0.2, 0) is 0 Å². The normalized spacial score (nSPS) is 10.8. The van der Waals surface area contributed by atoms with Crippen LogP contribution < -0.4 is 5.43 Å². The molecule has 3 heteroatoms. The number of hydrogen-bond acceptors (Lipinski definition) is 2. The molecule has 0 aliphatic carbocycles. The maximum absolute atomic E-state index is 11.9. The molecular weight excluding hydrogens is 248 g/mol. The molecule has 102 valence electrons. The van der Waals surface area contributed by atoms with Gasteiger partial charge in [-0.25, -0.2) is 5.43 Å². The number of benzene rings is 2. The average molecular weight is 266 g/mol. The average Bonchev–Trinajstić information content (AvgIpc) is 2.42. The second-order valence-corrected chi connectivity index (χ2v) is 4.93. The Morgan fingerprint density at radius 1 is 1.00 bits per heavy atom. The molecule has 2 aromatic carbocycles. The second-order valence-electron chi connectivity index (χ2n) is 4.93. The van der Waals surface area contributed by atoms with E-state index >= 15 is 0 Å². The van der Waals surface area contributed by atoms with E-state index in [1.165, 1.54) is 5.56 Å². The van der Waals surface area contributed by atoms with E-state index in [2.05, 4.69) is 16.6 Å². The molecule has 2 rings (SSSR count). The highest BCUT2D eigenvalue weighted by Gasteiger charge is 2.02. The van der Waals surface area contributed by atoms with Crippen LogP contribution in [-0.4, -0.2) is 12.1 Å². The lowest BCUT2D eigenvalue weighted by Crippen LogP contribution is -2.17. The number of rotatable bonds is 3. The summed E-state index contributed by atoms with van der Waals surface area (Å²) in [6.45, 7) is 6.06. The highest BCUT2D eigenvalue weighted by molar-refractivity contribution is 5.95. The summed E-state index contributed by atoms with van der Waals surface area (Å²) in [5.41, 5.74) is 7.62. The molecule has 2 aromatic rings. The number of carbonyl (C=O) groups is 1. The molecule has 1 N–H and O–H groups in total. The molecule has 0 saturated carbocycles. The fourth-order valence-electron chi connectivity index (χ4n) is 1.90. The number of nitrogens with one attached hydrogen (secondary N) is 1. The van der Waals surface area contributed by atoms with Crippen molar-refractivity contribution in [1.29, 1.82) is 0 Å². The standard InChI is InChI=1S/C17H18N2O/c1-12-4-7-15(8-5-12)17(20)19-18-11-16-9-6-13(2)10-14(16)3/h4-11H,1-3H3,(H,19,20). The molecule has 0 saturated heterocycles. The minimum atomic E-state index is -0.203. The third-order valence-electron chi connectivity index (χ3n) is 3.11. The molecule has 20 heavy (non-hydrogen) atoms. The second kappa shape index (κ2) is 6.15. The SMILES string of the molecule is Cc1ccc(C(=O)NN=Cc2ccc(C)cc2C)cc1. The number of hydrazone groups is 1. The van der Waals surface area contributed by atoms with E-state index in [1.54, 1.807) is 18.3 Å². The maximum Gasteiger partial charge on any atom is 0.271 e. The Hall–Kier alpha value is -2.42. The van der Waals surface area contributed by atoms with Crippen LogP contribution >= 0.6 is 0 Å². The van der Waals surface area contributed by atoms with Gasteiger partial charge in [-0.05, 0) is 44.0 Å². The highest BCUT2D eigenvalue weighted by Crippen LogP contribution is 2.08. The summed E-state index contributed by atoms with van der Waals surface area (Å²) in [5, 5.41) is 4.01. The summed E-state index contributed by atoms with van der Waals surface area (Å²) >= 11 is 0. The van der Waals surface area contributed by atoms with Crippen LogP contribution in [0, 0.1) is 20.8 Å². The lowest BCUT2D eigenvalue weighted by molar-refractivity contribution is 0.0955. The van der Waals surface area contributed by atoms with Crippen LogP contribution in [0.25, 0.3) is 0 Å². The lowest BCUT2D eigenvalue weighted by atomic mass is 10.1. The van der Waals surface area contributed by atoms with Crippen molar-refractivity contribution in [1.82, 2.24) is 5.43 Å². The Bertz CT molecular complexity index is 643. The molecule has 0 aromatic heterocycles. The summed E-state index contributed by atoms with van der Waals surface area (Å²) in [7, 11) is 0. The summed E-state index contributed by atoms with van der Waals surface area (Å²) in [4.78, 5) is 11.9. The van der Waals surface area contributed by atoms with E-state index in [1.807, 2.05) is 45.0 Å². The van der Waals surface area contributed by atoms with Crippen LogP contribution in [0.5, 0.6) is 0 Å². The molecule has 1 amide bonds. The number of amides is 1.